The Labute approximate surface area is 217 Å². The van der Waals surface area contributed by atoms with Crippen LogP contribution in [0.25, 0.3) is 0 Å². The molecule has 7 heteroatoms. The van der Waals surface area contributed by atoms with E-state index >= 15 is 0 Å². The van der Waals surface area contributed by atoms with Gasteiger partial charge in [0.05, 0.1) is 17.8 Å². The number of ether oxygens (including phenoxy) is 1. The third-order valence-electron chi connectivity index (χ3n) is 7.06. The largest absolute Gasteiger partial charge is 0.490 e. The van der Waals surface area contributed by atoms with Crippen molar-refractivity contribution in [2.45, 2.75) is 50.4 Å². The minimum Gasteiger partial charge on any atom is -0.490 e. The van der Waals surface area contributed by atoms with Crippen molar-refractivity contribution in [3.05, 3.63) is 108 Å². The molecule has 0 unspecified atom stereocenters. The first kappa shape index (κ1) is 22.7. The maximum absolute atomic E-state index is 6.21. The van der Waals surface area contributed by atoms with Gasteiger partial charge in [-0.2, -0.15) is 0 Å². The minimum absolute atomic E-state index is 0.0688. The number of anilines is 1. The highest BCUT2D eigenvalue weighted by molar-refractivity contribution is 7.80. The number of rotatable bonds is 7. The van der Waals surface area contributed by atoms with Crippen LogP contribution in [0.3, 0.4) is 0 Å². The lowest BCUT2D eigenvalue weighted by atomic mass is 10.0. The van der Waals surface area contributed by atoms with Crippen LogP contribution in [-0.2, 0) is 6.54 Å². The van der Waals surface area contributed by atoms with Crippen LogP contribution in [0.15, 0.2) is 91.5 Å². The molecule has 1 aliphatic carbocycles. The molecule has 2 aliphatic rings. The van der Waals surface area contributed by atoms with E-state index in [9.17, 15) is 0 Å². The van der Waals surface area contributed by atoms with Gasteiger partial charge in [-0.3, -0.25) is 9.97 Å². The van der Waals surface area contributed by atoms with Crippen LogP contribution in [0, 0.1) is 0 Å². The fourth-order valence-corrected chi connectivity index (χ4v) is 5.69. The average Bonchev–Trinajstić information content (AvgIpc) is 3.66. The first-order chi connectivity index (χ1) is 17.8. The molecule has 1 aromatic carbocycles. The van der Waals surface area contributed by atoms with Crippen molar-refractivity contribution in [2.24, 2.45) is 0 Å². The van der Waals surface area contributed by atoms with Gasteiger partial charge in [0.1, 0.15) is 11.8 Å². The quantitative estimate of drug-likeness (QED) is 0.326. The van der Waals surface area contributed by atoms with Crippen LogP contribution >= 0.6 is 12.2 Å². The lowest BCUT2D eigenvalue weighted by Crippen LogP contribution is -2.30. The van der Waals surface area contributed by atoms with Crippen LogP contribution in [0.1, 0.15) is 54.7 Å². The first-order valence-corrected chi connectivity index (χ1v) is 13.0. The molecule has 0 bridgehead atoms. The molecular weight excluding hydrogens is 466 g/mol. The van der Waals surface area contributed by atoms with Gasteiger partial charge in [0.25, 0.3) is 0 Å². The van der Waals surface area contributed by atoms with E-state index in [1.54, 1.807) is 6.20 Å². The van der Waals surface area contributed by atoms with Crippen LogP contribution in [0.4, 0.5) is 5.69 Å². The van der Waals surface area contributed by atoms with Crippen molar-refractivity contribution in [1.29, 1.82) is 0 Å². The van der Waals surface area contributed by atoms with Gasteiger partial charge in [-0.25, -0.2) is 0 Å². The SMILES string of the molecule is S=C1N[C@H](c2ccccn2)[C@H](c2cccn2Cc2cccnc2)N1c1ccc(OC2CCCC2)cc1. The zero-order chi connectivity index (χ0) is 24.3. The molecule has 2 fully saturated rings. The molecule has 3 aromatic heterocycles. The predicted octanol–water partition coefficient (Wildman–Crippen LogP) is 5.82. The molecule has 0 spiro atoms. The summed E-state index contributed by atoms with van der Waals surface area (Å²) in [6.07, 6.45) is 12.8. The highest BCUT2D eigenvalue weighted by Crippen LogP contribution is 2.42. The summed E-state index contributed by atoms with van der Waals surface area (Å²) >= 11 is 5.91. The summed E-state index contributed by atoms with van der Waals surface area (Å²) in [5.41, 5.74) is 4.30. The number of pyridine rings is 2. The molecule has 6 rings (SSSR count). The van der Waals surface area contributed by atoms with Gasteiger partial charge < -0.3 is 19.5 Å². The van der Waals surface area contributed by atoms with Gasteiger partial charge in [0, 0.05) is 42.7 Å². The maximum Gasteiger partial charge on any atom is 0.174 e. The molecule has 6 nitrogen and oxygen atoms in total. The lowest BCUT2D eigenvalue weighted by molar-refractivity contribution is 0.210. The third-order valence-corrected chi connectivity index (χ3v) is 7.38. The Kier molecular flexibility index (Phi) is 6.38. The highest BCUT2D eigenvalue weighted by atomic mass is 32.1. The molecule has 36 heavy (non-hydrogen) atoms. The van der Waals surface area contributed by atoms with Crippen LogP contribution < -0.4 is 15.0 Å². The van der Waals surface area contributed by atoms with E-state index in [0.717, 1.165) is 47.8 Å². The van der Waals surface area contributed by atoms with E-state index in [1.165, 1.54) is 12.8 Å². The third kappa shape index (κ3) is 4.58. The predicted molar refractivity (Wildman–Crippen MR) is 145 cm³/mol. The number of nitrogens with one attached hydrogen (secondary N) is 1. The molecule has 0 amide bonds. The molecule has 1 N–H and O–H groups in total. The van der Waals surface area contributed by atoms with Crippen LogP contribution in [0.2, 0.25) is 0 Å². The summed E-state index contributed by atoms with van der Waals surface area (Å²) in [7, 11) is 0. The average molecular weight is 496 g/mol. The second-order valence-electron chi connectivity index (χ2n) is 9.44. The summed E-state index contributed by atoms with van der Waals surface area (Å²) in [6.45, 7) is 0.733. The van der Waals surface area contributed by atoms with Crippen molar-refractivity contribution in [2.75, 3.05) is 4.90 Å². The van der Waals surface area contributed by atoms with E-state index < -0.39 is 0 Å². The van der Waals surface area contributed by atoms with E-state index in [-0.39, 0.29) is 12.1 Å². The Morgan fingerprint density at radius 3 is 2.56 bits per heavy atom. The number of benzene rings is 1. The van der Waals surface area contributed by atoms with Crippen molar-refractivity contribution in [3.8, 4) is 5.75 Å². The van der Waals surface area contributed by atoms with Gasteiger partial charge in [0.15, 0.2) is 5.11 Å². The van der Waals surface area contributed by atoms with E-state index in [0.29, 0.717) is 11.2 Å². The topological polar surface area (TPSA) is 55.2 Å². The normalized spacial score (nSPS) is 20.0. The summed E-state index contributed by atoms with van der Waals surface area (Å²) in [4.78, 5) is 11.2. The van der Waals surface area contributed by atoms with Crippen molar-refractivity contribution in [1.82, 2.24) is 19.9 Å². The molecule has 1 saturated carbocycles. The van der Waals surface area contributed by atoms with E-state index in [1.807, 2.05) is 30.6 Å². The molecule has 4 aromatic rings. The Morgan fingerprint density at radius 2 is 1.81 bits per heavy atom. The van der Waals surface area contributed by atoms with Gasteiger partial charge in [-0.1, -0.05) is 12.1 Å². The summed E-state index contributed by atoms with van der Waals surface area (Å²) in [5, 5.41) is 4.25. The standard InChI is InChI=1S/C29H29N5OS/c36-29-32-27(25-10-3-4-17-31-25)28(26-11-6-18-33(26)20-21-7-5-16-30-19-21)34(29)22-12-14-24(15-13-22)35-23-8-1-2-9-23/h3-7,10-19,23,27-28H,1-2,8-9,20H2,(H,32,36)/t27-,28+/m1/s1. The van der Waals surface area contributed by atoms with Crippen LogP contribution in [0.5, 0.6) is 5.75 Å². The first-order valence-electron chi connectivity index (χ1n) is 12.6. The van der Waals surface area contributed by atoms with Gasteiger partial charge in [-0.05, 0) is 98.1 Å². The lowest BCUT2D eigenvalue weighted by Gasteiger charge is -2.29. The number of nitrogens with zero attached hydrogens (tertiary/aromatic N) is 4. The fraction of sp³-hybridized carbons (Fsp3) is 0.276. The molecular formula is C29H29N5OS. The zero-order valence-electron chi connectivity index (χ0n) is 20.0. The monoisotopic (exact) mass is 495 g/mol. The number of aromatic nitrogens is 3. The highest BCUT2D eigenvalue weighted by Gasteiger charge is 2.42. The van der Waals surface area contributed by atoms with E-state index in [2.05, 4.69) is 79.5 Å². The minimum atomic E-state index is -0.0873. The second kappa shape index (κ2) is 10.1. The molecule has 0 radical (unpaired) electrons. The second-order valence-corrected chi connectivity index (χ2v) is 9.82. The van der Waals surface area contributed by atoms with Gasteiger partial charge >= 0.3 is 0 Å². The van der Waals surface area contributed by atoms with E-state index in [4.69, 9.17) is 17.0 Å². The van der Waals surface area contributed by atoms with Gasteiger partial charge in [0.2, 0.25) is 0 Å². The smallest absolute Gasteiger partial charge is 0.174 e. The molecule has 2 atom stereocenters. The number of hydrogen-bond acceptors (Lipinski definition) is 4. The Hall–Kier alpha value is -3.71. The molecule has 1 aliphatic heterocycles. The number of hydrogen-bond donors (Lipinski definition) is 1. The zero-order valence-corrected chi connectivity index (χ0v) is 20.8. The number of thiocarbonyl (C=S) groups is 1. The molecule has 1 saturated heterocycles. The fourth-order valence-electron chi connectivity index (χ4n) is 5.35. The summed E-state index contributed by atoms with van der Waals surface area (Å²) in [5.74, 6) is 0.918. The Balaban J connectivity index is 1.35. The van der Waals surface area contributed by atoms with Crippen molar-refractivity contribution >= 4 is 23.0 Å². The van der Waals surface area contributed by atoms with Crippen molar-refractivity contribution < 1.29 is 4.74 Å². The van der Waals surface area contributed by atoms with Crippen LogP contribution in [-0.4, -0.2) is 25.8 Å². The molecule has 182 valence electrons. The maximum atomic E-state index is 6.21. The Bertz CT molecular complexity index is 1300. The Morgan fingerprint density at radius 1 is 0.944 bits per heavy atom. The summed E-state index contributed by atoms with van der Waals surface area (Å²) < 4.78 is 8.48. The summed E-state index contributed by atoms with van der Waals surface area (Å²) in [6, 6.07) is 22.6. The van der Waals surface area contributed by atoms with Crippen molar-refractivity contribution in [3.63, 3.8) is 0 Å². The van der Waals surface area contributed by atoms with Gasteiger partial charge in [-0.15, -0.1) is 0 Å². The molecule has 4 heterocycles.